The van der Waals surface area contributed by atoms with Crippen molar-refractivity contribution in [3.63, 3.8) is 0 Å². The first-order valence-electron chi connectivity index (χ1n) is 10.7. The van der Waals surface area contributed by atoms with Crippen molar-refractivity contribution < 1.29 is 9.53 Å². The van der Waals surface area contributed by atoms with Gasteiger partial charge < -0.3 is 19.4 Å². The fourth-order valence-electron chi connectivity index (χ4n) is 5.05. The molecule has 0 aromatic heterocycles. The molecular weight excluding hydrogens is 362 g/mol. The van der Waals surface area contributed by atoms with Gasteiger partial charge in [0, 0.05) is 38.4 Å². The van der Waals surface area contributed by atoms with Crippen LogP contribution in [0.3, 0.4) is 0 Å². The predicted octanol–water partition coefficient (Wildman–Crippen LogP) is 4.01. The summed E-state index contributed by atoms with van der Waals surface area (Å²) in [6.07, 6.45) is 1.87. The molecule has 5 rings (SSSR count). The van der Waals surface area contributed by atoms with Gasteiger partial charge in [0.1, 0.15) is 6.61 Å². The SMILES string of the molecule is CN1CCN(c2ccc3c(c2)C2C[C@@H]3CCN2C(=O)OCc2ccccc2)CC1. The van der Waals surface area contributed by atoms with Gasteiger partial charge in [0.2, 0.25) is 0 Å². The standard InChI is InChI=1S/C24H29N3O2/c1-25-11-13-26(14-12-25)20-7-8-21-19-9-10-27(23(15-19)22(21)16-20)24(28)29-17-18-5-3-2-4-6-18/h2-8,16,19,23H,9-15,17H2,1H3/t19-,23?/m0/s1. The molecule has 5 nitrogen and oxygen atoms in total. The molecule has 2 aliphatic heterocycles. The molecule has 1 amide bonds. The summed E-state index contributed by atoms with van der Waals surface area (Å²) >= 11 is 0. The highest BCUT2D eigenvalue weighted by Crippen LogP contribution is 2.50. The van der Waals surface area contributed by atoms with Crippen LogP contribution in [-0.4, -0.2) is 55.7 Å². The third kappa shape index (κ3) is 3.60. The molecule has 2 aromatic rings. The van der Waals surface area contributed by atoms with Gasteiger partial charge in [-0.3, -0.25) is 0 Å². The molecule has 152 valence electrons. The number of piperidine rings is 1. The van der Waals surface area contributed by atoms with Crippen molar-refractivity contribution in [1.29, 1.82) is 0 Å². The third-order valence-corrected chi connectivity index (χ3v) is 6.78. The zero-order valence-corrected chi connectivity index (χ0v) is 17.1. The average molecular weight is 392 g/mol. The Morgan fingerprint density at radius 1 is 1.00 bits per heavy atom. The summed E-state index contributed by atoms with van der Waals surface area (Å²) in [6, 6.07) is 17.0. The molecule has 5 heteroatoms. The zero-order chi connectivity index (χ0) is 19.8. The van der Waals surface area contributed by atoms with Gasteiger partial charge in [-0.2, -0.15) is 0 Å². The molecule has 2 heterocycles. The van der Waals surface area contributed by atoms with Crippen LogP contribution in [0.25, 0.3) is 0 Å². The Morgan fingerprint density at radius 3 is 2.59 bits per heavy atom. The van der Waals surface area contributed by atoms with Crippen LogP contribution in [-0.2, 0) is 11.3 Å². The molecule has 2 saturated heterocycles. The lowest BCUT2D eigenvalue weighted by Gasteiger charge is -2.35. The van der Waals surface area contributed by atoms with Gasteiger partial charge >= 0.3 is 6.09 Å². The lowest BCUT2D eigenvalue weighted by Crippen LogP contribution is -2.44. The number of likely N-dealkylation sites (N-methyl/N-ethyl adjacent to an activating group) is 1. The Morgan fingerprint density at radius 2 is 1.79 bits per heavy atom. The van der Waals surface area contributed by atoms with Crippen LogP contribution in [0.1, 0.15) is 41.5 Å². The molecule has 1 aliphatic carbocycles. The van der Waals surface area contributed by atoms with Gasteiger partial charge in [-0.15, -0.1) is 0 Å². The quantitative estimate of drug-likeness (QED) is 0.792. The third-order valence-electron chi connectivity index (χ3n) is 6.78. The number of hydrogen-bond acceptors (Lipinski definition) is 4. The summed E-state index contributed by atoms with van der Waals surface area (Å²) in [4.78, 5) is 19.7. The van der Waals surface area contributed by atoms with Crippen LogP contribution in [0.2, 0.25) is 0 Å². The van der Waals surface area contributed by atoms with Crippen LogP contribution in [0.5, 0.6) is 0 Å². The highest BCUT2D eigenvalue weighted by molar-refractivity contribution is 5.70. The second-order valence-corrected chi connectivity index (χ2v) is 8.57. The maximum absolute atomic E-state index is 12.9. The molecule has 0 radical (unpaired) electrons. The lowest BCUT2D eigenvalue weighted by molar-refractivity contribution is 0.0694. The number of ether oxygens (including phenoxy) is 1. The molecule has 0 saturated carbocycles. The van der Waals surface area contributed by atoms with E-state index in [9.17, 15) is 4.79 Å². The number of carbonyl (C=O) groups is 1. The second kappa shape index (κ2) is 7.71. The van der Waals surface area contributed by atoms with Crippen LogP contribution in [0.4, 0.5) is 10.5 Å². The number of nitrogens with zero attached hydrogens (tertiary/aromatic N) is 3. The molecule has 2 fully saturated rings. The molecule has 3 aliphatic rings. The Hall–Kier alpha value is -2.53. The largest absolute Gasteiger partial charge is 0.445 e. The monoisotopic (exact) mass is 391 g/mol. The summed E-state index contributed by atoms with van der Waals surface area (Å²) in [5.74, 6) is 0.578. The second-order valence-electron chi connectivity index (χ2n) is 8.57. The van der Waals surface area contributed by atoms with Crippen LogP contribution >= 0.6 is 0 Å². The van der Waals surface area contributed by atoms with E-state index in [0.717, 1.165) is 51.1 Å². The number of anilines is 1. The highest BCUT2D eigenvalue weighted by atomic mass is 16.6. The minimum atomic E-state index is -0.185. The van der Waals surface area contributed by atoms with E-state index in [1.165, 1.54) is 16.8 Å². The molecular formula is C24H29N3O2. The van der Waals surface area contributed by atoms with Gasteiger partial charge in [0.15, 0.2) is 0 Å². The van der Waals surface area contributed by atoms with E-state index >= 15 is 0 Å². The summed E-state index contributed by atoms with van der Waals surface area (Å²) in [7, 11) is 2.18. The van der Waals surface area contributed by atoms with Crippen LogP contribution in [0.15, 0.2) is 48.5 Å². The maximum Gasteiger partial charge on any atom is 0.410 e. The van der Waals surface area contributed by atoms with Crippen LogP contribution < -0.4 is 4.90 Å². The minimum absolute atomic E-state index is 0.152. The lowest BCUT2D eigenvalue weighted by atomic mass is 9.96. The zero-order valence-electron chi connectivity index (χ0n) is 17.1. The van der Waals surface area contributed by atoms with E-state index < -0.39 is 0 Å². The Bertz CT molecular complexity index is 877. The van der Waals surface area contributed by atoms with Crippen LogP contribution in [0, 0.1) is 0 Å². The van der Waals surface area contributed by atoms with E-state index in [2.05, 4.69) is 35.0 Å². The smallest absolute Gasteiger partial charge is 0.410 e. The minimum Gasteiger partial charge on any atom is -0.445 e. The number of benzene rings is 2. The van der Waals surface area contributed by atoms with E-state index in [0.29, 0.717) is 12.5 Å². The van der Waals surface area contributed by atoms with Gasteiger partial charge in [-0.05, 0) is 54.6 Å². The average Bonchev–Trinajstić information content (AvgIpc) is 3.05. The van der Waals surface area contributed by atoms with Crippen molar-refractivity contribution in [2.24, 2.45) is 0 Å². The van der Waals surface area contributed by atoms with Gasteiger partial charge in [-0.1, -0.05) is 36.4 Å². The van der Waals surface area contributed by atoms with Crippen molar-refractivity contribution in [2.45, 2.75) is 31.4 Å². The molecule has 0 spiro atoms. The van der Waals surface area contributed by atoms with Crippen molar-refractivity contribution in [3.8, 4) is 0 Å². The Labute approximate surface area is 172 Å². The van der Waals surface area contributed by atoms with E-state index in [1.807, 2.05) is 35.2 Å². The molecule has 2 aromatic carbocycles. The number of likely N-dealkylation sites (tertiary alicyclic amines) is 1. The fraction of sp³-hybridized carbons (Fsp3) is 0.458. The van der Waals surface area contributed by atoms with Crippen molar-refractivity contribution in [2.75, 3.05) is 44.7 Å². The van der Waals surface area contributed by atoms with E-state index in [4.69, 9.17) is 4.74 Å². The number of fused-ring (bicyclic) bond motifs is 5. The summed E-state index contributed by atoms with van der Waals surface area (Å²) in [5.41, 5.74) is 5.09. The number of carbonyl (C=O) groups excluding carboxylic acids is 1. The number of rotatable bonds is 3. The van der Waals surface area contributed by atoms with Crippen molar-refractivity contribution in [1.82, 2.24) is 9.80 Å². The normalized spacial score (nSPS) is 23.8. The first kappa shape index (κ1) is 18.5. The van der Waals surface area contributed by atoms with Gasteiger partial charge in [0.05, 0.1) is 6.04 Å². The predicted molar refractivity (Wildman–Crippen MR) is 114 cm³/mol. The first-order valence-corrected chi connectivity index (χ1v) is 10.7. The topological polar surface area (TPSA) is 36.0 Å². The summed E-state index contributed by atoms with van der Waals surface area (Å²) < 4.78 is 5.66. The highest BCUT2D eigenvalue weighted by Gasteiger charge is 2.41. The van der Waals surface area contributed by atoms with E-state index in [-0.39, 0.29) is 12.1 Å². The molecule has 2 atom stereocenters. The number of piperazine rings is 1. The molecule has 2 bridgehead atoms. The van der Waals surface area contributed by atoms with E-state index in [1.54, 1.807) is 0 Å². The number of hydrogen-bond donors (Lipinski definition) is 0. The Kier molecular flexibility index (Phi) is 4.92. The van der Waals surface area contributed by atoms with Gasteiger partial charge in [-0.25, -0.2) is 4.79 Å². The molecule has 29 heavy (non-hydrogen) atoms. The molecule has 0 N–H and O–H groups in total. The maximum atomic E-state index is 12.9. The van der Waals surface area contributed by atoms with Gasteiger partial charge in [0.25, 0.3) is 0 Å². The first-order chi connectivity index (χ1) is 14.2. The fourth-order valence-corrected chi connectivity index (χ4v) is 5.05. The molecule has 1 unspecified atom stereocenters. The van der Waals surface area contributed by atoms with Crippen molar-refractivity contribution >= 4 is 11.8 Å². The summed E-state index contributed by atoms with van der Waals surface area (Å²) in [5, 5.41) is 0. The van der Waals surface area contributed by atoms with Crippen molar-refractivity contribution in [3.05, 3.63) is 65.2 Å². The Balaban J connectivity index is 1.32. The summed E-state index contributed by atoms with van der Waals surface area (Å²) in [6.45, 7) is 5.43. The number of amides is 1.